The number of hydrogen-bond acceptors (Lipinski definition) is 10. The molecule has 1 atom stereocenters. The van der Waals surface area contributed by atoms with Crippen molar-refractivity contribution in [1.82, 2.24) is 0 Å². The van der Waals surface area contributed by atoms with Gasteiger partial charge in [0, 0.05) is 46.6 Å². The average molecular weight is 766 g/mol. The highest BCUT2D eigenvalue weighted by molar-refractivity contribution is 6.81. The molecule has 10 nitrogen and oxygen atoms in total. The minimum absolute atomic E-state index is 0.00309. The van der Waals surface area contributed by atoms with Gasteiger partial charge in [-0.1, -0.05) is 90.6 Å². The van der Waals surface area contributed by atoms with E-state index in [9.17, 15) is 0 Å². The third-order valence-electron chi connectivity index (χ3n) is 8.87. The Morgan fingerprint density at radius 2 is 1.02 bits per heavy atom. The molecule has 15 heteroatoms. The number of ether oxygens (including phenoxy) is 1. The van der Waals surface area contributed by atoms with E-state index in [1.54, 1.807) is 21.3 Å². The van der Waals surface area contributed by atoms with Crippen LogP contribution in [0.1, 0.15) is 75.2 Å². The van der Waals surface area contributed by atoms with E-state index in [2.05, 4.69) is 61.2 Å². The van der Waals surface area contributed by atoms with Crippen LogP contribution in [0.3, 0.4) is 0 Å². The Morgan fingerprint density at radius 1 is 0.617 bits per heavy atom. The van der Waals surface area contributed by atoms with Gasteiger partial charge in [0.2, 0.25) is 0 Å². The molecule has 0 saturated heterocycles. The second-order valence-electron chi connectivity index (χ2n) is 13.3. The number of hydrogen-bond donors (Lipinski definition) is 4. The molecule has 0 fully saturated rings. The van der Waals surface area contributed by atoms with Gasteiger partial charge in [-0.15, -0.1) is 0 Å². The molecule has 0 bridgehead atoms. The van der Waals surface area contributed by atoms with E-state index in [0.717, 1.165) is 60.0 Å². The van der Waals surface area contributed by atoms with E-state index >= 15 is 0 Å². The van der Waals surface area contributed by atoms with Crippen LogP contribution in [-0.2, 0) is 26.9 Å². The minimum Gasteiger partial charge on any atom is -0.404 e. The van der Waals surface area contributed by atoms with Gasteiger partial charge in [0.15, 0.2) is 0 Å². The molecule has 47 heavy (non-hydrogen) atoms. The Labute approximate surface area is 302 Å². The summed E-state index contributed by atoms with van der Waals surface area (Å²) < 4.78 is 30.6. The van der Waals surface area contributed by atoms with Crippen LogP contribution in [0.5, 0.6) is 0 Å². The van der Waals surface area contributed by atoms with Crippen LogP contribution < -0.4 is 22.9 Å². The standard InChI is InChI=1S/2C9H23NSi.C7H19NO2Si.C4H13NO2Si.C3H10O2Si/c1-8(2)11(5,7-6-10)9(3)4;1-4-7-11(3,8-5-2)9-6-10;1-4-9-11(3,7-6-8)10-5-2;1-6-8(7-2)4-3-5;1-3(4-2)5-6/h8-9H,6-7,10H2,1-5H3;4-10H2,1-3H3;4-8H2,1-3H3;8H,3-5H2,1-2H3;3H,1-2,6H3. The summed E-state index contributed by atoms with van der Waals surface area (Å²) in [4.78, 5) is 0. The van der Waals surface area contributed by atoms with Crippen LogP contribution in [0, 0.1) is 0 Å². The van der Waals surface area contributed by atoms with E-state index < -0.39 is 34.0 Å². The molecule has 0 aliphatic rings. The quantitative estimate of drug-likeness (QED) is 0.0818. The lowest BCUT2D eigenvalue weighted by molar-refractivity contribution is -0.0334. The van der Waals surface area contributed by atoms with Gasteiger partial charge >= 0.3 is 17.8 Å². The monoisotopic (exact) mass is 765 g/mol. The lowest BCUT2D eigenvalue weighted by Gasteiger charge is -2.35. The summed E-state index contributed by atoms with van der Waals surface area (Å²) in [6.07, 6.45) is 2.70. The van der Waals surface area contributed by atoms with Gasteiger partial charge in [-0.2, -0.15) is 0 Å². The van der Waals surface area contributed by atoms with Crippen LogP contribution >= 0.6 is 0 Å². The number of methoxy groups -OCH3 is 1. The fraction of sp³-hybridized carbons (Fsp3) is 1.00. The molecule has 8 N–H and O–H groups in total. The van der Waals surface area contributed by atoms with Crippen LogP contribution in [-0.4, -0.2) is 111 Å². The van der Waals surface area contributed by atoms with E-state index in [1.165, 1.54) is 37.0 Å². The molecular formula is C32H88N4O6Si5. The summed E-state index contributed by atoms with van der Waals surface area (Å²) in [7, 11) is 0.615. The van der Waals surface area contributed by atoms with E-state index in [0.29, 0.717) is 13.1 Å². The van der Waals surface area contributed by atoms with Crippen LogP contribution in [0.4, 0.5) is 0 Å². The number of nitrogens with two attached hydrogens (primary N) is 4. The lowest BCUT2D eigenvalue weighted by Crippen LogP contribution is -2.40. The van der Waals surface area contributed by atoms with Crippen molar-refractivity contribution in [2.75, 3.05) is 60.7 Å². The van der Waals surface area contributed by atoms with Gasteiger partial charge in [0.25, 0.3) is 0 Å². The van der Waals surface area contributed by atoms with Gasteiger partial charge in [-0.3, -0.25) is 0 Å². The van der Waals surface area contributed by atoms with Gasteiger partial charge in [-0.25, -0.2) is 0 Å². The maximum absolute atomic E-state index is 5.62. The van der Waals surface area contributed by atoms with E-state index in [4.69, 9.17) is 49.8 Å². The van der Waals surface area contributed by atoms with Gasteiger partial charge in [-0.05, 0) is 65.6 Å². The molecule has 0 saturated carbocycles. The van der Waals surface area contributed by atoms with Gasteiger partial charge < -0.3 is 49.8 Å². The zero-order valence-corrected chi connectivity index (χ0v) is 40.6. The maximum Gasteiger partial charge on any atom is 0.336 e. The molecule has 0 rings (SSSR count). The van der Waals surface area contributed by atoms with Gasteiger partial charge in [0.05, 0.1) is 16.1 Å². The second-order valence-corrected chi connectivity index (χ2v) is 30.4. The van der Waals surface area contributed by atoms with E-state index in [-0.39, 0.29) is 6.29 Å². The molecule has 292 valence electrons. The van der Waals surface area contributed by atoms with Crippen molar-refractivity contribution < 1.29 is 26.9 Å². The van der Waals surface area contributed by atoms with Crippen LogP contribution in [0.25, 0.3) is 0 Å². The summed E-state index contributed by atoms with van der Waals surface area (Å²) >= 11 is 0. The largest absolute Gasteiger partial charge is 0.404 e. The lowest BCUT2D eigenvalue weighted by atomic mass is 10.5. The van der Waals surface area contributed by atoms with Crippen molar-refractivity contribution in [2.24, 2.45) is 22.9 Å². The zero-order chi connectivity index (χ0) is 38.0. The van der Waals surface area contributed by atoms with Crippen molar-refractivity contribution >= 4 is 44.5 Å². The molecule has 0 aliphatic carbocycles. The fourth-order valence-corrected chi connectivity index (χ4v) is 15.3. The molecule has 0 aromatic carbocycles. The Balaban J connectivity index is -0.000000159. The van der Waals surface area contributed by atoms with Crippen LogP contribution in [0.2, 0.25) is 67.0 Å². The maximum atomic E-state index is 5.62. The zero-order valence-electron chi connectivity index (χ0n) is 34.5. The normalized spacial score (nSPS) is 12.4. The summed E-state index contributed by atoms with van der Waals surface area (Å²) in [6, 6.07) is 7.33. The first kappa shape index (κ1) is 57.0. The molecule has 0 radical (unpaired) electrons. The third-order valence-corrected chi connectivity index (χ3v) is 25.9. The summed E-state index contributed by atoms with van der Waals surface area (Å²) in [6.45, 7) is 31.4. The fourth-order valence-electron chi connectivity index (χ4n) is 5.11. The second kappa shape index (κ2) is 37.9. The van der Waals surface area contributed by atoms with Gasteiger partial charge in [0.1, 0.15) is 16.8 Å². The summed E-state index contributed by atoms with van der Waals surface area (Å²) in [5.74, 6) is 0. The Hall–Kier alpha value is 0.684. The predicted molar refractivity (Wildman–Crippen MR) is 223 cm³/mol. The topological polar surface area (TPSA) is 159 Å². The van der Waals surface area contributed by atoms with Crippen molar-refractivity contribution in [3.05, 3.63) is 0 Å². The van der Waals surface area contributed by atoms with Crippen molar-refractivity contribution in [2.45, 2.75) is 148 Å². The highest BCUT2D eigenvalue weighted by Crippen LogP contribution is 2.34. The first-order chi connectivity index (χ1) is 22.0. The molecule has 1 unspecified atom stereocenters. The smallest absolute Gasteiger partial charge is 0.336 e. The number of rotatable bonds is 22. The predicted octanol–water partition coefficient (Wildman–Crippen LogP) is 5.51. The summed E-state index contributed by atoms with van der Waals surface area (Å²) in [5.41, 5.74) is 23.7. The Morgan fingerprint density at radius 3 is 1.19 bits per heavy atom. The van der Waals surface area contributed by atoms with Crippen molar-refractivity contribution in [3.8, 4) is 0 Å². The Bertz CT molecular complexity index is 546. The first-order valence-corrected chi connectivity index (χ1v) is 29.2. The minimum atomic E-state index is -1.87. The molecular weight excluding hydrogens is 677 g/mol. The summed E-state index contributed by atoms with van der Waals surface area (Å²) in [5, 5.41) is 0. The highest BCUT2D eigenvalue weighted by atomic mass is 28.4. The van der Waals surface area contributed by atoms with Crippen molar-refractivity contribution in [3.63, 3.8) is 0 Å². The highest BCUT2D eigenvalue weighted by Gasteiger charge is 2.33. The SMILES string of the molecule is CC(C)[Si](C)(CCN)C(C)C.CCC[Si](C)(CCC)CCN.CCO[Si](C)(CCN)OCC.COC(C)O[SiH3].CO[SiH](CCN)OC. The average Bonchev–Trinajstić information content (AvgIpc) is 3.01. The van der Waals surface area contributed by atoms with Crippen molar-refractivity contribution in [1.29, 1.82) is 0 Å². The third kappa shape index (κ3) is 34.9. The molecule has 0 aliphatic heterocycles. The first-order valence-electron chi connectivity index (χ1n) is 18.2. The Kier molecular flexibility index (Phi) is 46.0. The molecule has 0 amide bonds. The molecule has 0 spiro atoms. The van der Waals surface area contributed by atoms with E-state index in [1.807, 2.05) is 20.8 Å². The molecule has 0 aromatic heterocycles. The van der Waals surface area contributed by atoms with Crippen LogP contribution in [0.15, 0.2) is 0 Å². The molecule has 0 heterocycles. The molecule has 0 aromatic rings.